The van der Waals surface area contributed by atoms with E-state index in [2.05, 4.69) is 10.3 Å². The molecular formula is C15H20N4O. The maximum absolute atomic E-state index is 6.13. The molecule has 5 heteroatoms. The van der Waals surface area contributed by atoms with Crippen LogP contribution in [0.5, 0.6) is 0 Å². The van der Waals surface area contributed by atoms with Gasteiger partial charge in [-0.2, -0.15) is 5.10 Å². The van der Waals surface area contributed by atoms with Crippen LogP contribution >= 0.6 is 0 Å². The number of aromatic nitrogens is 3. The van der Waals surface area contributed by atoms with Gasteiger partial charge in [-0.3, -0.25) is 0 Å². The van der Waals surface area contributed by atoms with Gasteiger partial charge in [-0.1, -0.05) is 24.4 Å². The summed E-state index contributed by atoms with van der Waals surface area (Å²) >= 11 is 0. The number of hydrogen-bond donors (Lipinski definition) is 1. The van der Waals surface area contributed by atoms with Gasteiger partial charge in [0.15, 0.2) is 0 Å². The highest BCUT2D eigenvalue weighted by Crippen LogP contribution is 2.41. The highest BCUT2D eigenvalue weighted by atomic mass is 16.5. The van der Waals surface area contributed by atoms with E-state index in [9.17, 15) is 0 Å². The summed E-state index contributed by atoms with van der Waals surface area (Å²) < 4.78 is 7.38. The second kappa shape index (κ2) is 4.65. The van der Waals surface area contributed by atoms with Crippen LogP contribution in [0.4, 0.5) is 5.82 Å². The predicted octanol–water partition coefficient (Wildman–Crippen LogP) is 3.50. The fourth-order valence-electron chi connectivity index (χ4n) is 3.12. The van der Waals surface area contributed by atoms with Crippen LogP contribution in [0.25, 0.3) is 11.4 Å². The molecule has 4 rings (SSSR count). The van der Waals surface area contributed by atoms with Crippen molar-refractivity contribution in [2.24, 2.45) is 0 Å². The molecule has 0 amide bonds. The minimum absolute atomic E-state index is 0.451. The summed E-state index contributed by atoms with van der Waals surface area (Å²) in [7, 11) is 0. The first-order chi connectivity index (χ1) is 9.81. The number of nitrogens with two attached hydrogens (primary N) is 1. The van der Waals surface area contributed by atoms with Gasteiger partial charge < -0.3 is 10.3 Å². The second-order valence-electron chi connectivity index (χ2n) is 6.08. The molecule has 0 bridgehead atoms. The van der Waals surface area contributed by atoms with E-state index in [-0.39, 0.29) is 0 Å². The molecule has 0 unspecified atom stereocenters. The lowest BCUT2D eigenvalue weighted by Crippen LogP contribution is -2.16. The van der Waals surface area contributed by atoms with Crippen LogP contribution in [0.1, 0.15) is 62.7 Å². The van der Waals surface area contributed by atoms with Gasteiger partial charge in [0.1, 0.15) is 23.0 Å². The Bertz CT molecular complexity index is 605. The molecule has 5 nitrogen and oxygen atoms in total. The summed E-state index contributed by atoms with van der Waals surface area (Å²) in [6.45, 7) is 0. The van der Waals surface area contributed by atoms with E-state index in [4.69, 9.17) is 10.3 Å². The zero-order chi connectivity index (χ0) is 13.5. The van der Waals surface area contributed by atoms with Gasteiger partial charge in [-0.05, 0) is 25.7 Å². The van der Waals surface area contributed by atoms with E-state index >= 15 is 0 Å². The summed E-state index contributed by atoms with van der Waals surface area (Å²) in [4.78, 5) is 0. The normalized spacial score (nSPS) is 20.4. The number of anilines is 1. The summed E-state index contributed by atoms with van der Waals surface area (Å²) in [5.41, 5.74) is 7.78. The molecule has 0 saturated heterocycles. The average molecular weight is 272 g/mol. The molecule has 2 N–H and O–H groups in total. The van der Waals surface area contributed by atoms with Crippen LogP contribution in [0, 0.1) is 0 Å². The molecule has 106 valence electrons. The van der Waals surface area contributed by atoms with Crippen LogP contribution in [0.15, 0.2) is 16.7 Å². The third-order valence-corrected chi connectivity index (χ3v) is 4.46. The van der Waals surface area contributed by atoms with Gasteiger partial charge in [0.05, 0.1) is 6.04 Å². The topological polar surface area (TPSA) is 69.9 Å². The molecule has 2 aliphatic rings. The summed E-state index contributed by atoms with van der Waals surface area (Å²) in [6.07, 6.45) is 8.66. The molecule has 2 aromatic rings. The van der Waals surface area contributed by atoms with Crippen LogP contribution in [-0.2, 0) is 0 Å². The Balaban J connectivity index is 1.61. The zero-order valence-corrected chi connectivity index (χ0v) is 11.6. The van der Waals surface area contributed by atoms with Gasteiger partial charge in [0.2, 0.25) is 0 Å². The Kier molecular flexibility index (Phi) is 2.79. The maximum Gasteiger partial charge on any atom is 0.140 e. The first-order valence-corrected chi connectivity index (χ1v) is 7.63. The van der Waals surface area contributed by atoms with E-state index in [0.29, 0.717) is 12.0 Å². The molecule has 0 aromatic carbocycles. The molecular weight excluding hydrogens is 252 g/mol. The fraction of sp³-hybridized carbons (Fsp3) is 0.600. The number of hydrogen-bond acceptors (Lipinski definition) is 4. The van der Waals surface area contributed by atoms with E-state index in [0.717, 1.165) is 23.0 Å². The van der Waals surface area contributed by atoms with Crippen LogP contribution in [0.3, 0.4) is 0 Å². The van der Waals surface area contributed by atoms with Crippen molar-refractivity contribution in [3.8, 4) is 11.4 Å². The lowest BCUT2D eigenvalue weighted by Gasteiger charge is -2.22. The van der Waals surface area contributed by atoms with Crippen molar-refractivity contribution in [2.75, 3.05) is 5.73 Å². The fourth-order valence-corrected chi connectivity index (χ4v) is 3.12. The van der Waals surface area contributed by atoms with Crippen LogP contribution < -0.4 is 5.73 Å². The number of nitrogens with zero attached hydrogens (tertiary/aromatic N) is 3. The van der Waals surface area contributed by atoms with E-state index < -0.39 is 0 Å². The minimum Gasteiger partial charge on any atom is -0.384 e. The molecule has 0 aliphatic heterocycles. The van der Waals surface area contributed by atoms with Crippen molar-refractivity contribution < 1.29 is 4.52 Å². The van der Waals surface area contributed by atoms with Crippen LogP contribution in [-0.4, -0.2) is 14.9 Å². The Hall–Kier alpha value is -1.78. The summed E-state index contributed by atoms with van der Waals surface area (Å²) in [6, 6.07) is 4.39. The molecule has 2 fully saturated rings. The Morgan fingerprint density at radius 2 is 1.85 bits per heavy atom. The third kappa shape index (κ3) is 2.11. The predicted molar refractivity (Wildman–Crippen MR) is 76.2 cm³/mol. The zero-order valence-electron chi connectivity index (χ0n) is 11.6. The van der Waals surface area contributed by atoms with E-state index in [1.165, 1.54) is 44.9 Å². The van der Waals surface area contributed by atoms with Crippen molar-refractivity contribution in [3.05, 3.63) is 17.9 Å². The van der Waals surface area contributed by atoms with Crippen molar-refractivity contribution in [1.29, 1.82) is 0 Å². The quantitative estimate of drug-likeness (QED) is 0.928. The highest BCUT2D eigenvalue weighted by Gasteiger charge is 2.28. The monoisotopic (exact) mass is 272 g/mol. The lowest BCUT2D eigenvalue weighted by molar-refractivity contribution is 0.333. The molecule has 2 aliphatic carbocycles. The molecule has 0 radical (unpaired) electrons. The smallest absolute Gasteiger partial charge is 0.140 e. The Morgan fingerprint density at radius 1 is 1.05 bits per heavy atom. The molecule has 2 aromatic heterocycles. The third-order valence-electron chi connectivity index (χ3n) is 4.46. The summed E-state index contributed by atoms with van der Waals surface area (Å²) in [5.74, 6) is 2.31. The average Bonchev–Trinajstić information content (AvgIpc) is 3.08. The van der Waals surface area contributed by atoms with Crippen molar-refractivity contribution >= 4 is 5.82 Å². The van der Waals surface area contributed by atoms with Crippen molar-refractivity contribution in [3.63, 3.8) is 0 Å². The van der Waals surface area contributed by atoms with Crippen molar-refractivity contribution in [2.45, 2.75) is 56.9 Å². The first-order valence-electron chi connectivity index (χ1n) is 7.63. The number of nitrogen functional groups attached to an aromatic ring is 1. The maximum atomic E-state index is 6.13. The first kappa shape index (κ1) is 12.0. The Morgan fingerprint density at radius 3 is 2.60 bits per heavy atom. The summed E-state index contributed by atoms with van der Waals surface area (Å²) in [5, 5.41) is 8.81. The minimum atomic E-state index is 0.451. The number of rotatable bonds is 3. The second-order valence-corrected chi connectivity index (χ2v) is 6.08. The van der Waals surface area contributed by atoms with Gasteiger partial charge in [-0.25, -0.2) is 4.68 Å². The van der Waals surface area contributed by atoms with Crippen LogP contribution in [0.2, 0.25) is 0 Å². The largest absolute Gasteiger partial charge is 0.384 e. The molecule has 20 heavy (non-hydrogen) atoms. The van der Waals surface area contributed by atoms with Gasteiger partial charge in [-0.15, -0.1) is 0 Å². The van der Waals surface area contributed by atoms with Gasteiger partial charge in [0, 0.05) is 18.1 Å². The molecule has 2 heterocycles. The Labute approximate surface area is 118 Å². The SMILES string of the molecule is Nc1cc(-c2cc(C3CC3)on2)nn1C1CCCCC1. The highest BCUT2D eigenvalue weighted by molar-refractivity contribution is 5.58. The molecule has 2 saturated carbocycles. The van der Waals surface area contributed by atoms with Gasteiger partial charge >= 0.3 is 0 Å². The van der Waals surface area contributed by atoms with Crippen molar-refractivity contribution in [1.82, 2.24) is 14.9 Å². The van der Waals surface area contributed by atoms with E-state index in [1.807, 2.05) is 16.8 Å². The standard InChI is InChI=1S/C15H20N4O/c16-15-9-12(13-8-14(20-18-13)10-6-7-10)17-19(15)11-4-2-1-3-5-11/h8-11H,1-7,16H2. The van der Waals surface area contributed by atoms with Gasteiger partial charge in [0.25, 0.3) is 0 Å². The lowest BCUT2D eigenvalue weighted by atomic mass is 9.96. The molecule has 0 spiro atoms. The molecule has 0 atom stereocenters. The van der Waals surface area contributed by atoms with E-state index in [1.54, 1.807) is 0 Å².